The van der Waals surface area contributed by atoms with Gasteiger partial charge in [0.25, 0.3) is 0 Å². The standard InChI is InChI=1S/C30H26N3/c1-31(2)27-18-16-21-10-4-6-12-23(21)29(27)30-24-13-7-5-11-22(24)17-19-28(30)33-20-32(3)25-14-8-9-15-26(25)33/h4-20H,1-3H3/q+1. The van der Waals surface area contributed by atoms with Crippen molar-refractivity contribution in [3.05, 3.63) is 103 Å². The average molecular weight is 429 g/mol. The molecule has 0 unspecified atom stereocenters. The van der Waals surface area contributed by atoms with Gasteiger partial charge in [0, 0.05) is 30.9 Å². The van der Waals surface area contributed by atoms with E-state index in [0.717, 1.165) is 0 Å². The van der Waals surface area contributed by atoms with Crippen LogP contribution in [0.5, 0.6) is 0 Å². The molecule has 6 rings (SSSR count). The molecule has 0 N–H and O–H groups in total. The van der Waals surface area contributed by atoms with Crippen LogP contribution < -0.4 is 9.47 Å². The summed E-state index contributed by atoms with van der Waals surface area (Å²) >= 11 is 0. The van der Waals surface area contributed by atoms with Crippen molar-refractivity contribution in [3.63, 3.8) is 0 Å². The number of aromatic nitrogens is 2. The Morgan fingerprint density at radius 1 is 0.636 bits per heavy atom. The summed E-state index contributed by atoms with van der Waals surface area (Å²) in [5.74, 6) is 0. The summed E-state index contributed by atoms with van der Waals surface area (Å²) in [7, 11) is 6.37. The average Bonchev–Trinajstić information content (AvgIpc) is 3.19. The molecule has 5 aromatic carbocycles. The lowest BCUT2D eigenvalue weighted by Crippen LogP contribution is -2.25. The second-order valence-corrected chi connectivity index (χ2v) is 8.84. The number of imidazole rings is 1. The molecule has 0 aliphatic rings. The van der Waals surface area contributed by atoms with E-state index in [1.54, 1.807) is 0 Å². The van der Waals surface area contributed by atoms with Gasteiger partial charge in [-0.15, -0.1) is 0 Å². The molecule has 0 aliphatic carbocycles. The van der Waals surface area contributed by atoms with Crippen molar-refractivity contribution < 1.29 is 4.57 Å². The zero-order chi connectivity index (χ0) is 22.5. The van der Waals surface area contributed by atoms with Crippen LogP contribution in [-0.4, -0.2) is 18.7 Å². The van der Waals surface area contributed by atoms with Crippen LogP contribution in [-0.2, 0) is 7.05 Å². The summed E-state index contributed by atoms with van der Waals surface area (Å²) in [6, 6.07) is 35.0. The van der Waals surface area contributed by atoms with Crippen molar-refractivity contribution in [2.45, 2.75) is 0 Å². The summed E-state index contributed by atoms with van der Waals surface area (Å²) in [6.07, 6.45) is 2.19. The van der Waals surface area contributed by atoms with Gasteiger partial charge in [-0.2, -0.15) is 4.57 Å². The number of hydrogen-bond acceptors (Lipinski definition) is 1. The normalized spacial score (nSPS) is 11.5. The number of fused-ring (bicyclic) bond motifs is 3. The maximum atomic E-state index is 2.33. The highest BCUT2D eigenvalue weighted by atomic mass is 15.1. The lowest BCUT2D eigenvalue weighted by molar-refractivity contribution is -0.645. The molecule has 1 aromatic heterocycles. The van der Waals surface area contributed by atoms with Crippen LogP contribution in [0, 0.1) is 0 Å². The predicted octanol–water partition coefficient (Wildman–Crippen LogP) is 6.49. The minimum atomic E-state index is 1.19. The summed E-state index contributed by atoms with van der Waals surface area (Å²) in [5.41, 5.74) is 7.34. The zero-order valence-electron chi connectivity index (χ0n) is 19.2. The lowest BCUT2D eigenvalue weighted by atomic mass is 9.90. The molecule has 0 radical (unpaired) electrons. The number of nitrogens with zero attached hydrogens (tertiary/aromatic N) is 3. The van der Waals surface area contributed by atoms with Gasteiger partial charge in [-0.3, -0.25) is 0 Å². The van der Waals surface area contributed by atoms with Crippen molar-refractivity contribution in [3.8, 4) is 16.8 Å². The second-order valence-electron chi connectivity index (χ2n) is 8.84. The van der Waals surface area contributed by atoms with Crippen LogP contribution in [0.4, 0.5) is 5.69 Å². The SMILES string of the molecule is CN(C)c1ccc2ccccc2c1-c1c(-n2c[n+](C)c3ccccc32)ccc2ccccc12. The van der Waals surface area contributed by atoms with E-state index in [-0.39, 0.29) is 0 Å². The third-order valence-electron chi connectivity index (χ3n) is 6.62. The Kier molecular flexibility index (Phi) is 4.44. The fourth-order valence-corrected chi connectivity index (χ4v) is 5.07. The predicted molar refractivity (Wildman–Crippen MR) is 139 cm³/mol. The van der Waals surface area contributed by atoms with E-state index in [2.05, 4.69) is 139 Å². The molecule has 3 heteroatoms. The third-order valence-corrected chi connectivity index (χ3v) is 6.62. The molecule has 33 heavy (non-hydrogen) atoms. The molecule has 1 heterocycles. The number of para-hydroxylation sites is 2. The van der Waals surface area contributed by atoms with Gasteiger partial charge in [0.05, 0.1) is 7.05 Å². The van der Waals surface area contributed by atoms with Crippen LogP contribution in [0.25, 0.3) is 49.4 Å². The Bertz CT molecular complexity index is 1660. The molecule has 0 atom stereocenters. The van der Waals surface area contributed by atoms with Gasteiger partial charge in [0.2, 0.25) is 6.33 Å². The van der Waals surface area contributed by atoms with Gasteiger partial charge in [-0.1, -0.05) is 72.8 Å². The maximum Gasteiger partial charge on any atom is 0.249 e. The minimum Gasteiger partial charge on any atom is -0.377 e. The van der Waals surface area contributed by atoms with Gasteiger partial charge in [-0.25, -0.2) is 4.57 Å². The van der Waals surface area contributed by atoms with E-state index < -0.39 is 0 Å². The third kappa shape index (κ3) is 3.00. The molecule has 0 saturated carbocycles. The molecule has 0 bridgehead atoms. The lowest BCUT2D eigenvalue weighted by Gasteiger charge is -2.22. The Morgan fingerprint density at radius 2 is 1.24 bits per heavy atom. The fourth-order valence-electron chi connectivity index (χ4n) is 5.07. The Labute approximate surface area is 193 Å². The summed E-state index contributed by atoms with van der Waals surface area (Å²) in [5, 5.41) is 5.02. The van der Waals surface area contributed by atoms with E-state index in [0.29, 0.717) is 0 Å². The first-order chi connectivity index (χ1) is 16.1. The highest BCUT2D eigenvalue weighted by molar-refractivity contribution is 6.12. The maximum absolute atomic E-state index is 2.33. The summed E-state index contributed by atoms with van der Waals surface area (Å²) in [4.78, 5) is 2.22. The van der Waals surface area contributed by atoms with Crippen molar-refractivity contribution in [1.82, 2.24) is 4.57 Å². The van der Waals surface area contributed by atoms with Crippen LogP contribution in [0.1, 0.15) is 0 Å². The van der Waals surface area contributed by atoms with Gasteiger partial charge in [0.15, 0.2) is 11.0 Å². The van der Waals surface area contributed by atoms with E-state index in [1.165, 1.54) is 55.1 Å². The van der Waals surface area contributed by atoms with Gasteiger partial charge in [-0.05, 0) is 45.8 Å². The van der Waals surface area contributed by atoms with Crippen molar-refractivity contribution in [2.75, 3.05) is 19.0 Å². The summed E-state index contributed by atoms with van der Waals surface area (Å²) in [6.45, 7) is 0. The molecular formula is C30H26N3+. The van der Waals surface area contributed by atoms with Crippen molar-refractivity contribution in [2.24, 2.45) is 7.05 Å². The number of aryl methyl sites for hydroxylation is 1. The molecule has 0 spiro atoms. The van der Waals surface area contributed by atoms with Crippen LogP contribution >= 0.6 is 0 Å². The monoisotopic (exact) mass is 428 g/mol. The molecule has 0 aliphatic heterocycles. The Morgan fingerprint density at radius 3 is 1.97 bits per heavy atom. The number of hydrogen-bond donors (Lipinski definition) is 0. The topological polar surface area (TPSA) is 12.1 Å². The highest BCUT2D eigenvalue weighted by Gasteiger charge is 2.23. The van der Waals surface area contributed by atoms with E-state index in [4.69, 9.17) is 0 Å². The van der Waals surface area contributed by atoms with Crippen LogP contribution in [0.3, 0.4) is 0 Å². The first-order valence-corrected chi connectivity index (χ1v) is 11.3. The molecule has 6 aromatic rings. The van der Waals surface area contributed by atoms with Crippen LogP contribution in [0.2, 0.25) is 0 Å². The number of benzene rings is 5. The Balaban J connectivity index is 1.83. The molecule has 3 nitrogen and oxygen atoms in total. The van der Waals surface area contributed by atoms with E-state index in [9.17, 15) is 0 Å². The van der Waals surface area contributed by atoms with Gasteiger partial charge >= 0.3 is 0 Å². The smallest absolute Gasteiger partial charge is 0.249 e. The first-order valence-electron chi connectivity index (χ1n) is 11.3. The van der Waals surface area contributed by atoms with E-state index in [1.807, 2.05) is 0 Å². The Hall–Kier alpha value is -4.11. The van der Waals surface area contributed by atoms with E-state index >= 15 is 0 Å². The second kappa shape index (κ2) is 7.49. The quantitative estimate of drug-likeness (QED) is 0.293. The minimum absolute atomic E-state index is 1.19. The zero-order valence-corrected chi connectivity index (χ0v) is 19.2. The summed E-state index contributed by atoms with van der Waals surface area (Å²) < 4.78 is 4.53. The van der Waals surface area contributed by atoms with Crippen LogP contribution in [0.15, 0.2) is 103 Å². The molecule has 0 amide bonds. The highest BCUT2D eigenvalue weighted by Crippen LogP contribution is 2.43. The van der Waals surface area contributed by atoms with Crippen molar-refractivity contribution >= 4 is 38.3 Å². The number of anilines is 1. The number of rotatable bonds is 3. The molecule has 0 fully saturated rings. The fraction of sp³-hybridized carbons (Fsp3) is 0.100. The molecule has 0 saturated heterocycles. The van der Waals surface area contributed by atoms with Crippen molar-refractivity contribution in [1.29, 1.82) is 0 Å². The largest absolute Gasteiger partial charge is 0.377 e. The first kappa shape index (κ1) is 19.6. The molecular weight excluding hydrogens is 402 g/mol. The molecule has 160 valence electrons. The van der Waals surface area contributed by atoms with Gasteiger partial charge in [0.1, 0.15) is 5.69 Å². The van der Waals surface area contributed by atoms with Gasteiger partial charge < -0.3 is 4.90 Å².